The summed E-state index contributed by atoms with van der Waals surface area (Å²) >= 11 is 5.89. The number of para-hydroxylation sites is 1. The second-order valence-corrected chi connectivity index (χ2v) is 6.44. The quantitative estimate of drug-likeness (QED) is 0.533. The molecule has 1 aliphatic heterocycles. The van der Waals surface area contributed by atoms with Crippen LogP contribution in [0, 0.1) is 0 Å². The maximum absolute atomic E-state index is 12.8. The molecule has 3 aromatic rings. The second-order valence-electron chi connectivity index (χ2n) is 6.00. The Bertz CT molecular complexity index is 1100. The molecule has 1 aromatic heterocycles. The van der Waals surface area contributed by atoms with Crippen LogP contribution in [-0.4, -0.2) is 17.8 Å². The molecule has 4 rings (SSSR count). The van der Waals surface area contributed by atoms with E-state index in [0.717, 1.165) is 10.5 Å². The Morgan fingerprint density at radius 3 is 2.32 bits per heavy atom. The van der Waals surface area contributed by atoms with Crippen molar-refractivity contribution in [3.8, 4) is 11.3 Å². The van der Waals surface area contributed by atoms with Gasteiger partial charge >= 0.3 is 6.03 Å². The van der Waals surface area contributed by atoms with Crippen LogP contribution in [0.2, 0.25) is 5.02 Å². The van der Waals surface area contributed by atoms with Crippen LogP contribution in [0.3, 0.4) is 0 Å². The van der Waals surface area contributed by atoms with E-state index in [0.29, 0.717) is 22.2 Å². The van der Waals surface area contributed by atoms with Gasteiger partial charge in [0.05, 0.1) is 5.69 Å². The summed E-state index contributed by atoms with van der Waals surface area (Å²) < 4.78 is 5.72. The minimum absolute atomic E-state index is 0.194. The summed E-state index contributed by atoms with van der Waals surface area (Å²) in [5.74, 6) is -0.620. The van der Waals surface area contributed by atoms with E-state index < -0.39 is 17.8 Å². The number of halogens is 1. The number of carbonyl (C=O) groups excluding carboxylic acids is 3. The molecule has 28 heavy (non-hydrogen) atoms. The fourth-order valence-electron chi connectivity index (χ4n) is 2.81. The Kier molecular flexibility index (Phi) is 4.55. The van der Waals surface area contributed by atoms with E-state index in [4.69, 9.17) is 16.0 Å². The van der Waals surface area contributed by atoms with Crippen LogP contribution < -0.4 is 10.2 Å². The highest BCUT2D eigenvalue weighted by molar-refractivity contribution is 6.39. The molecule has 0 aliphatic carbocycles. The van der Waals surface area contributed by atoms with Crippen molar-refractivity contribution in [2.45, 2.75) is 0 Å². The van der Waals surface area contributed by atoms with Crippen molar-refractivity contribution in [2.24, 2.45) is 0 Å². The first-order valence-electron chi connectivity index (χ1n) is 8.35. The molecule has 1 saturated heterocycles. The zero-order valence-corrected chi connectivity index (χ0v) is 15.1. The predicted octanol–water partition coefficient (Wildman–Crippen LogP) is 4.27. The van der Waals surface area contributed by atoms with Crippen LogP contribution in [0.5, 0.6) is 0 Å². The largest absolute Gasteiger partial charge is 0.457 e. The molecule has 7 heteroatoms. The van der Waals surface area contributed by atoms with Crippen LogP contribution in [0.1, 0.15) is 5.76 Å². The molecule has 1 N–H and O–H groups in total. The lowest BCUT2D eigenvalue weighted by molar-refractivity contribution is -0.122. The van der Waals surface area contributed by atoms with E-state index in [1.54, 1.807) is 66.7 Å². The normalized spacial score (nSPS) is 15.8. The van der Waals surface area contributed by atoms with E-state index >= 15 is 0 Å². The number of benzene rings is 2. The van der Waals surface area contributed by atoms with Gasteiger partial charge in [0.2, 0.25) is 0 Å². The van der Waals surface area contributed by atoms with Gasteiger partial charge in [-0.05, 0) is 54.6 Å². The fourth-order valence-corrected chi connectivity index (χ4v) is 2.94. The SMILES string of the molecule is O=C1NC(=O)N(c2ccccc2)C(=O)/C1=C/c1ccc(-c2ccc(Cl)cc2)o1. The van der Waals surface area contributed by atoms with E-state index in [2.05, 4.69) is 5.32 Å². The zero-order valence-electron chi connectivity index (χ0n) is 14.4. The van der Waals surface area contributed by atoms with Gasteiger partial charge < -0.3 is 4.42 Å². The maximum Gasteiger partial charge on any atom is 0.335 e. The zero-order chi connectivity index (χ0) is 19.7. The number of furan rings is 1. The minimum Gasteiger partial charge on any atom is -0.457 e. The van der Waals surface area contributed by atoms with E-state index in [1.165, 1.54) is 6.08 Å². The van der Waals surface area contributed by atoms with Crippen LogP contribution in [0.25, 0.3) is 17.4 Å². The highest BCUT2D eigenvalue weighted by Crippen LogP contribution is 2.26. The average molecular weight is 393 g/mol. The molecule has 0 bridgehead atoms. The van der Waals surface area contributed by atoms with Crippen molar-refractivity contribution in [1.29, 1.82) is 0 Å². The Balaban J connectivity index is 1.67. The summed E-state index contributed by atoms with van der Waals surface area (Å²) in [5, 5.41) is 2.78. The number of rotatable bonds is 3. The van der Waals surface area contributed by atoms with E-state index in [-0.39, 0.29) is 5.57 Å². The number of nitrogens with one attached hydrogen (secondary N) is 1. The van der Waals surface area contributed by atoms with Crippen molar-refractivity contribution in [3.63, 3.8) is 0 Å². The van der Waals surface area contributed by atoms with Crippen molar-refractivity contribution >= 4 is 41.2 Å². The van der Waals surface area contributed by atoms with Gasteiger partial charge in [-0.2, -0.15) is 0 Å². The Morgan fingerprint density at radius 1 is 0.893 bits per heavy atom. The number of carbonyl (C=O) groups is 3. The number of hydrogen-bond donors (Lipinski definition) is 1. The third kappa shape index (κ3) is 3.33. The fraction of sp³-hybridized carbons (Fsp3) is 0. The van der Waals surface area contributed by atoms with Crippen LogP contribution in [0.15, 0.2) is 76.7 Å². The van der Waals surface area contributed by atoms with E-state index in [9.17, 15) is 14.4 Å². The molecular weight excluding hydrogens is 380 g/mol. The molecule has 2 aromatic carbocycles. The van der Waals surface area contributed by atoms with Crippen molar-refractivity contribution < 1.29 is 18.8 Å². The molecule has 6 nitrogen and oxygen atoms in total. The van der Waals surface area contributed by atoms with Gasteiger partial charge in [0.1, 0.15) is 17.1 Å². The smallest absolute Gasteiger partial charge is 0.335 e. The monoisotopic (exact) mass is 392 g/mol. The molecular formula is C21H13ClN2O4. The Labute approximate surface area is 165 Å². The van der Waals surface area contributed by atoms with Crippen LogP contribution in [0.4, 0.5) is 10.5 Å². The number of hydrogen-bond acceptors (Lipinski definition) is 4. The summed E-state index contributed by atoms with van der Waals surface area (Å²) in [6.07, 6.45) is 1.32. The first-order chi connectivity index (χ1) is 13.5. The van der Waals surface area contributed by atoms with Gasteiger partial charge in [0, 0.05) is 10.6 Å². The van der Waals surface area contributed by atoms with Gasteiger partial charge in [0.25, 0.3) is 11.8 Å². The summed E-state index contributed by atoms with van der Waals surface area (Å²) in [6, 6.07) is 18.0. The van der Waals surface area contributed by atoms with Gasteiger partial charge in [-0.3, -0.25) is 14.9 Å². The minimum atomic E-state index is -0.792. The molecule has 2 heterocycles. The summed E-state index contributed by atoms with van der Waals surface area (Å²) in [4.78, 5) is 38.0. The molecule has 0 atom stereocenters. The molecule has 0 radical (unpaired) electrons. The number of imide groups is 2. The third-order valence-corrected chi connectivity index (χ3v) is 4.41. The average Bonchev–Trinajstić information content (AvgIpc) is 3.15. The number of barbiturate groups is 1. The lowest BCUT2D eigenvalue weighted by Gasteiger charge is -2.26. The number of anilines is 1. The van der Waals surface area contributed by atoms with Gasteiger partial charge in [-0.15, -0.1) is 0 Å². The van der Waals surface area contributed by atoms with Crippen LogP contribution in [-0.2, 0) is 9.59 Å². The first-order valence-corrected chi connectivity index (χ1v) is 8.73. The van der Waals surface area contributed by atoms with Gasteiger partial charge in [-0.1, -0.05) is 29.8 Å². The Morgan fingerprint density at radius 2 is 1.61 bits per heavy atom. The third-order valence-electron chi connectivity index (χ3n) is 4.16. The van der Waals surface area contributed by atoms with Crippen molar-refractivity contribution in [1.82, 2.24) is 5.32 Å². The number of nitrogens with zero attached hydrogens (tertiary/aromatic N) is 1. The number of urea groups is 1. The van der Waals surface area contributed by atoms with Gasteiger partial charge in [0.15, 0.2) is 0 Å². The summed E-state index contributed by atoms with van der Waals surface area (Å²) in [6.45, 7) is 0. The molecule has 4 amide bonds. The topological polar surface area (TPSA) is 79.6 Å². The van der Waals surface area contributed by atoms with Crippen molar-refractivity contribution in [2.75, 3.05) is 4.90 Å². The molecule has 138 valence electrons. The highest BCUT2D eigenvalue weighted by atomic mass is 35.5. The highest BCUT2D eigenvalue weighted by Gasteiger charge is 2.36. The Hall–Kier alpha value is -3.64. The van der Waals surface area contributed by atoms with Gasteiger partial charge in [-0.25, -0.2) is 9.69 Å². The van der Waals surface area contributed by atoms with Crippen LogP contribution >= 0.6 is 11.6 Å². The molecule has 0 saturated carbocycles. The summed E-state index contributed by atoms with van der Waals surface area (Å²) in [5.41, 5.74) is 0.972. The lowest BCUT2D eigenvalue weighted by Crippen LogP contribution is -2.54. The molecule has 1 aliphatic rings. The first kappa shape index (κ1) is 17.8. The maximum atomic E-state index is 12.8. The molecule has 0 spiro atoms. The summed E-state index contributed by atoms with van der Waals surface area (Å²) in [7, 11) is 0. The number of amides is 4. The predicted molar refractivity (Wildman–Crippen MR) is 105 cm³/mol. The second kappa shape index (κ2) is 7.17. The lowest BCUT2D eigenvalue weighted by atomic mass is 10.1. The molecule has 0 unspecified atom stereocenters. The molecule has 1 fully saturated rings. The standard InChI is InChI=1S/C21H13ClN2O4/c22-14-8-6-13(7-9-14)18-11-10-16(28-18)12-17-19(25)23-21(27)24(20(17)26)15-4-2-1-3-5-15/h1-12H,(H,23,25,27)/b17-12+. The van der Waals surface area contributed by atoms with E-state index in [1.807, 2.05) is 0 Å². The van der Waals surface area contributed by atoms with Crippen molar-refractivity contribution in [3.05, 3.63) is 83.1 Å².